The van der Waals surface area contributed by atoms with Crippen molar-refractivity contribution in [1.29, 1.82) is 0 Å². The Hall–Kier alpha value is -2.46. The van der Waals surface area contributed by atoms with Gasteiger partial charge in [0.1, 0.15) is 0 Å². The smallest absolute Gasteiger partial charge is 0.0966 e. The summed E-state index contributed by atoms with van der Waals surface area (Å²) in [7, 11) is 1.91. The Morgan fingerprint density at radius 1 is 1.00 bits per heavy atom. The van der Waals surface area contributed by atoms with Gasteiger partial charge in [-0.1, -0.05) is 24.3 Å². The molecule has 1 aliphatic heterocycles. The lowest BCUT2D eigenvalue weighted by molar-refractivity contribution is 0.285. The van der Waals surface area contributed by atoms with Crippen LogP contribution in [0.5, 0.6) is 0 Å². The van der Waals surface area contributed by atoms with Crippen molar-refractivity contribution in [2.45, 2.75) is 44.1 Å². The highest BCUT2D eigenvalue weighted by Crippen LogP contribution is 2.46. The highest BCUT2D eigenvalue weighted by atomic mass is 32.1. The van der Waals surface area contributed by atoms with Crippen LogP contribution in [0.25, 0.3) is 21.7 Å². The van der Waals surface area contributed by atoms with Crippen molar-refractivity contribution in [2.75, 3.05) is 7.05 Å². The average molecular weight is 388 g/mol. The molecule has 1 aliphatic carbocycles. The van der Waals surface area contributed by atoms with Crippen molar-refractivity contribution in [3.05, 3.63) is 65.2 Å². The van der Waals surface area contributed by atoms with Crippen molar-refractivity contribution in [3.8, 4) is 21.7 Å². The molecule has 1 N–H and O–H groups in total. The van der Waals surface area contributed by atoms with E-state index < -0.39 is 0 Å². The van der Waals surface area contributed by atoms with E-state index in [4.69, 9.17) is 0 Å². The summed E-state index contributed by atoms with van der Waals surface area (Å²) in [5, 5.41) is 3.82. The number of nitrogens with one attached hydrogen (secondary N) is 1. The van der Waals surface area contributed by atoms with Gasteiger partial charge in [-0.25, -0.2) is 0 Å². The van der Waals surface area contributed by atoms with Gasteiger partial charge in [0, 0.05) is 35.0 Å². The zero-order valence-electron chi connectivity index (χ0n) is 16.2. The standard InChI is InChI=1S/C24H25N3S/c1-25-23-11-6-13-24(27-23)12-5-10-21-19(24)16-22(28-21)18-8-4-7-17(15-18)20-9-2-3-14-26-20/h2-4,7-9,14-16H,5-6,10-13H2,1H3,(H,25,27). The maximum Gasteiger partial charge on any atom is 0.0966 e. The van der Waals surface area contributed by atoms with Crippen molar-refractivity contribution in [3.63, 3.8) is 0 Å². The fourth-order valence-electron chi connectivity index (χ4n) is 4.73. The summed E-state index contributed by atoms with van der Waals surface area (Å²) in [6.45, 7) is 0. The van der Waals surface area contributed by atoms with Crippen LogP contribution in [0.4, 0.5) is 0 Å². The molecule has 2 aliphatic rings. The second-order valence-corrected chi connectivity index (χ2v) is 8.96. The number of aliphatic imine (C=N–C) groups is 1. The molecule has 0 saturated carbocycles. The number of aryl methyl sites for hydroxylation is 1. The minimum atomic E-state index is 0.0913. The monoisotopic (exact) mass is 387 g/mol. The summed E-state index contributed by atoms with van der Waals surface area (Å²) in [5.41, 5.74) is 5.10. The summed E-state index contributed by atoms with van der Waals surface area (Å²) in [4.78, 5) is 11.9. The number of hydrogen-bond acceptors (Lipinski definition) is 3. The van der Waals surface area contributed by atoms with E-state index in [9.17, 15) is 0 Å². The van der Waals surface area contributed by atoms with Crippen LogP contribution in [-0.4, -0.2) is 17.9 Å². The Kier molecular flexibility index (Phi) is 4.52. The second-order valence-electron chi connectivity index (χ2n) is 7.83. The zero-order valence-corrected chi connectivity index (χ0v) is 17.1. The van der Waals surface area contributed by atoms with Crippen molar-refractivity contribution in [1.82, 2.24) is 10.3 Å². The van der Waals surface area contributed by atoms with Crippen LogP contribution in [-0.2, 0) is 12.0 Å². The zero-order chi connectivity index (χ0) is 19.0. The lowest BCUT2D eigenvalue weighted by Crippen LogP contribution is -2.50. The van der Waals surface area contributed by atoms with Gasteiger partial charge >= 0.3 is 0 Å². The molecule has 0 amide bonds. The first-order chi connectivity index (χ1) is 13.8. The molecule has 4 heteroatoms. The van der Waals surface area contributed by atoms with Crippen molar-refractivity contribution < 1.29 is 0 Å². The molecule has 1 saturated heterocycles. The molecule has 0 bridgehead atoms. The van der Waals surface area contributed by atoms with Crippen LogP contribution < -0.4 is 5.32 Å². The van der Waals surface area contributed by atoms with E-state index in [2.05, 4.69) is 51.7 Å². The van der Waals surface area contributed by atoms with Crippen LogP contribution in [0.15, 0.2) is 59.7 Å². The van der Waals surface area contributed by atoms with Gasteiger partial charge in [-0.15, -0.1) is 11.3 Å². The summed E-state index contributed by atoms with van der Waals surface area (Å²) < 4.78 is 0. The van der Waals surface area contributed by atoms with Gasteiger partial charge < -0.3 is 5.32 Å². The Balaban J connectivity index is 1.54. The van der Waals surface area contributed by atoms with E-state index in [1.807, 2.05) is 36.7 Å². The number of piperidine rings is 1. The number of nitrogens with zero attached hydrogens (tertiary/aromatic N) is 2. The van der Waals surface area contributed by atoms with Gasteiger partial charge in [-0.2, -0.15) is 0 Å². The van der Waals surface area contributed by atoms with Crippen LogP contribution in [0, 0.1) is 0 Å². The van der Waals surface area contributed by atoms with Gasteiger partial charge in [0.05, 0.1) is 17.1 Å². The molecule has 1 atom stereocenters. The lowest BCUT2D eigenvalue weighted by atomic mass is 9.74. The van der Waals surface area contributed by atoms with Gasteiger partial charge in [0.15, 0.2) is 0 Å². The fourth-order valence-corrected chi connectivity index (χ4v) is 6.03. The first-order valence-electron chi connectivity index (χ1n) is 10.2. The molecular formula is C24H25N3S. The quantitative estimate of drug-likeness (QED) is 0.602. The third-order valence-electron chi connectivity index (χ3n) is 6.11. The summed E-state index contributed by atoms with van der Waals surface area (Å²) in [6.07, 6.45) is 9.03. The SMILES string of the molecule is CN=C1CCCC2(CCCc3sc(-c4cccc(-c5ccccn5)c4)cc32)N1. The Morgan fingerprint density at radius 3 is 2.68 bits per heavy atom. The van der Waals surface area contributed by atoms with E-state index in [0.717, 1.165) is 12.1 Å². The largest absolute Gasteiger partial charge is 0.364 e. The highest BCUT2D eigenvalue weighted by Gasteiger charge is 2.40. The van der Waals surface area contributed by atoms with E-state index in [1.165, 1.54) is 59.5 Å². The Morgan fingerprint density at radius 2 is 1.86 bits per heavy atom. The molecule has 28 heavy (non-hydrogen) atoms. The molecule has 1 fully saturated rings. The molecule has 0 radical (unpaired) electrons. The van der Waals surface area contributed by atoms with E-state index in [-0.39, 0.29) is 5.54 Å². The number of amidine groups is 1. The number of benzene rings is 1. The molecule has 3 heterocycles. The fraction of sp³-hybridized carbons (Fsp3) is 0.333. The van der Waals surface area contributed by atoms with Gasteiger partial charge in [-0.3, -0.25) is 9.98 Å². The molecule has 3 nitrogen and oxygen atoms in total. The van der Waals surface area contributed by atoms with Crippen LogP contribution in [0.1, 0.15) is 42.5 Å². The number of aromatic nitrogens is 1. The number of pyridine rings is 1. The lowest BCUT2D eigenvalue weighted by Gasteiger charge is -2.42. The first kappa shape index (κ1) is 17.6. The molecule has 1 unspecified atom stereocenters. The van der Waals surface area contributed by atoms with E-state index >= 15 is 0 Å². The third-order valence-corrected chi connectivity index (χ3v) is 7.35. The number of fused-ring (bicyclic) bond motifs is 2. The van der Waals surface area contributed by atoms with Gasteiger partial charge in [0.2, 0.25) is 0 Å². The average Bonchev–Trinajstić information content (AvgIpc) is 3.21. The number of rotatable bonds is 2. The Bertz CT molecular complexity index is 1020. The van der Waals surface area contributed by atoms with E-state index in [1.54, 1.807) is 4.88 Å². The minimum Gasteiger partial charge on any atom is -0.364 e. The third kappa shape index (κ3) is 3.06. The van der Waals surface area contributed by atoms with Crippen LogP contribution >= 0.6 is 11.3 Å². The molecule has 1 aromatic carbocycles. The number of thiophene rings is 1. The predicted octanol–water partition coefficient (Wildman–Crippen LogP) is 5.81. The van der Waals surface area contributed by atoms with Gasteiger partial charge in [-0.05, 0) is 67.5 Å². The van der Waals surface area contributed by atoms with Crippen LogP contribution in [0.3, 0.4) is 0 Å². The summed E-state index contributed by atoms with van der Waals surface area (Å²) in [5.74, 6) is 1.17. The van der Waals surface area contributed by atoms with Crippen molar-refractivity contribution in [2.24, 2.45) is 4.99 Å². The summed E-state index contributed by atoms with van der Waals surface area (Å²) in [6, 6.07) is 17.3. The van der Waals surface area contributed by atoms with Gasteiger partial charge in [0.25, 0.3) is 0 Å². The maximum absolute atomic E-state index is 4.52. The number of hydrogen-bond donors (Lipinski definition) is 1. The summed E-state index contributed by atoms with van der Waals surface area (Å²) >= 11 is 1.97. The molecule has 1 spiro atoms. The van der Waals surface area contributed by atoms with Crippen LogP contribution in [0.2, 0.25) is 0 Å². The topological polar surface area (TPSA) is 37.3 Å². The normalized spacial score (nSPS) is 22.8. The second kappa shape index (κ2) is 7.17. The minimum absolute atomic E-state index is 0.0913. The molecule has 2 aromatic heterocycles. The van der Waals surface area contributed by atoms with Crippen molar-refractivity contribution >= 4 is 17.2 Å². The molecule has 5 rings (SSSR count). The highest BCUT2D eigenvalue weighted by molar-refractivity contribution is 7.15. The Labute approximate surface area is 170 Å². The first-order valence-corrected chi connectivity index (χ1v) is 11.0. The maximum atomic E-state index is 4.52. The molecular weight excluding hydrogens is 362 g/mol. The molecule has 142 valence electrons. The van der Waals surface area contributed by atoms with E-state index in [0.29, 0.717) is 0 Å². The predicted molar refractivity (Wildman–Crippen MR) is 118 cm³/mol. The molecule has 3 aromatic rings.